The minimum atomic E-state index is -3.68. The molecule has 9 heteroatoms. The minimum absolute atomic E-state index is 0.361. The number of aromatic nitrogens is 1. The highest BCUT2D eigenvalue weighted by Crippen LogP contribution is 2.25. The van der Waals surface area contributed by atoms with E-state index in [-0.39, 0.29) is 0 Å². The van der Waals surface area contributed by atoms with Crippen LogP contribution in [0.15, 0.2) is 53.6 Å². The fourth-order valence-corrected chi connectivity index (χ4v) is 4.77. The summed E-state index contributed by atoms with van der Waals surface area (Å²) in [6, 6.07) is 14.6. The Morgan fingerprint density at radius 3 is 2.26 bits per heavy atom. The Balaban J connectivity index is 1.76. The molecule has 0 atom stereocenters. The molecule has 0 saturated heterocycles. The van der Waals surface area contributed by atoms with Gasteiger partial charge >= 0.3 is 0 Å². The summed E-state index contributed by atoms with van der Waals surface area (Å²) in [6.07, 6.45) is 2.62. The monoisotopic (exact) mass is 482 g/mol. The average Bonchev–Trinajstić information content (AvgIpc) is 3.05. The molecule has 8 nitrogen and oxygen atoms in total. The van der Waals surface area contributed by atoms with Crippen molar-refractivity contribution in [3.8, 4) is 11.4 Å². The van der Waals surface area contributed by atoms with Crippen LogP contribution in [-0.4, -0.2) is 45.0 Å². The molecule has 3 rings (SSSR count). The van der Waals surface area contributed by atoms with E-state index in [1.54, 1.807) is 30.5 Å². The first-order valence-corrected chi connectivity index (χ1v) is 12.6. The second-order valence-corrected chi connectivity index (χ2v) is 10.1. The predicted molar refractivity (Wildman–Crippen MR) is 136 cm³/mol. The number of benzene rings is 2. The molecule has 0 spiro atoms. The molecule has 0 radical (unpaired) electrons. The van der Waals surface area contributed by atoms with Crippen molar-refractivity contribution in [3.05, 3.63) is 76.6 Å². The third-order valence-corrected chi connectivity index (χ3v) is 6.71. The van der Waals surface area contributed by atoms with Crippen molar-refractivity contribution < 1.29 is 17.9 Å². The molecule has 0 aliphatic rings. The number of anilines is 1. The quantitative estimate of drug-likeness (QED) is 0.392. The number of rotatable bonds is 8. The van der Waals surface area contributed by atoms with Crippen molar-refractivity contribution >= 4 is 27.8 Å². The highest BCUT2D eigenvalue weighted by molar-refractivity contribution is 7.92. The number of ether oxygens (including phenoxy) is 1. The molecule has 0 aliphatic carbocycles. The summed E-state index contributed by atoms with van der Waals surface area (Å²) < 4.78 is 32.8. The van der Waals surface area contributed by atoms with Gasteiger partial charge in [-0.3, -0.25) is 9.10 Å². The minimum Gasteiger partial charge on any atom is -0.497 e. The van der Waals surface area contributed by atoms with Gasteiger partial charge in [0.05, 0.1) is 31.0 Å². The molecule has 1 amide bonds. The van der Waals surface area contributed by atoms with Crippen LogP contribution in [0.25, 0.3) is 5.69 Å². The number of hydrogen-bond acceptors (Lipinski definition) is 5. The van der Waals surface area contributed by atoms with Gasteiger partial charge in [-0.2, -0.15) is 5.10 Å². The molecular formula is C25H30N4O4S. The van der Waals surface area contributed by atoms with Crippen molar-refractivity contribution in [2.24, 2.45) is 5.10 Å². The van der Waals surface area contributed by atoms with Crippen LogP contribution >= 0.6 is 0 Å². The van der Waals surface area contributed by atoms with Gasteiger partial charge in [0.25, 0.3) is 5.91 Å². The molecule has 1 N–H and O–H groups in total. The maximum absolute atomic E-state index is 12.5. The normalized spacial score (nSPS) is 11.6. The Morgan fingerprint density at radius 2 is 1.71 bits per heavy atom. The zero-order valence-corrected chi connectivity index (χ0v) is 21.1. The number of methoxy groups -OCH3 is 1. The number of hydrazone groups is 1. The Kier molecular flexibility index (Phi) is 7.46. The lowest BCUT2D eigenvalue weighted by Gasteiger charge is -2.21. The van der Waals surface area contributed by atoms with E-state index in [4.69, 9.17) is 4.74 Å². The lowest BCUT2D eigenvalue weighted by Crippen LogP contribution is -2.39. The standard InChI is InChI=1S/C25H30N4O4S/c1-17-8-7-9-18(2)25(17)29-19(3)14-21(20(29)4)15-26-27-24(30)16-28(34(6,31)32)22-10-12-23(33-5)13-11-22/h7-15H,16H2,1-6H3,(H,27,30)/b26-15-. The van der Waals surface area contributed by atoms with Gasteiger partial charge in [-0.25, -0.2) is 13.8 Å². The molecule has 1 aromatic heterocycles. The smallest absolute Gasteiger partial charge is 0.260 e. The fraction of sp³-hybridized carbons (Fsp3) is 0.280. The second-order valence-electron chi connectivity index (χ2n) is 8.16. The largest absolute Gasteiger partial charge is 0.497 e. The van der Waals surface area contributed by atoms with E-state index in [0.717, 1.165) is 44.3 Å². The van der Waals surface area contributed by atoms with Gasteiger partial charge in [0.2, 0.25) is 10.0 Å². The highest BCUT2D eigenvalue weighted by Gasteiger charge is 2.21. The summed E-state index contributed by atoms with van der Waals surface area (Å²) in [6.45, 7) is 7.77. The summed E-state index contributed by atoms with van der Waals surface area (Å²) in [5.74, 6) is 0.0331. The van der Waals surface area contributed by atoms with Gasteiger partial charge in [0, 0.05) is 17.0 Å². The number of nitrogens with one attached hydrogen (secondary N) is 1. The maximum atomic E-state index is 12.5. The first kappa shape index (κ1) is 25.0. The maximum Gasteiger partial charge on any atom is 0.260 e. The van der Waals surface area contributed by atoms with Crippen molar-refractivity contribution in [2.45, 2.75) is 27.7 Å². The second kappa shape index (κ2) is 10.1. The van der Waals surface area contributed by atoms with Gasteiger partial charge < -0.3 is 9.30 Å². The van der Waals surface area contributed by atoms with E-state index in [1.165, 1.54) is 7.11 Å². The number of sulfonamides is 1. The summed E-state index contributed by atoms with van der Waals surface area (Å²) in [5.41, 5.74) is 9.15. The third-order valence-electron chi connectivity index (χ3n) is 5.57. The van der Waals surface area contributed by atoms with Crippen molar-refractivity contribution in [1.29, 1.82) is 0 Å². The van der Waals surface area contributed by atoms with Crippen LogP contribution in [0.2, 0.25) is 0 Å². The van der Waals surface area contributed by atoms with E-state index in [9.17, 15) is 13.2 Å². The molecule has 2 aromatic carbocycles. The number of carbonyl (C=O) groups is 1. The zero-order valence-electron chi connectivity index (χ0n) is 20.3. The summed E-state index contributed by atoms with van der Waals surface area (Å²) in [5, 5.41) is 4.07. The summed E-state index contributed by atoms with van der Waals surface area (Å²) in [4.78, 5) is 12.5. The first-order chi connectivity index (χ1) is 16.0. The Labute approximate surface area is 200 Å². The molecule has 0 aliphatic heterocycles. The Bertz CT molecular complexity index is 1310. The number of carbonyl (C=O) groups excluding carboxylic acids is 1. The van der Waals surface area contributed by atoms with Gasteiger partial charge in [-0.15, -0.1) is 0 Å². The van der Waals surface area contributed by atoms with E-state index < -0.39 is 22.5 Å². The lowest BCUT2D eigenvalue weighted by atomic mass is 10.1. The SMILES string of the molecule is COc1ccc(N(CC(=O)N/N=C\c2cc(C)n(-c3c(C)cccc3C)c2C)S(C)(=O)=O)cc1. The van der Waals surface area contributed by atoms with Gasteiger partial charge in [-0.1, -0.05) is 18.2 Å². The molecule has 0 fully saturated rings. The molecule has 3 aromatic rings. The average molecular weight is 483 g/mol. The molecule has 0 saturated carbocycles. The third kappa shape index (κ3) is 5.48. The van der Waals surface area contributed by atoms with E-state index >= 15 is 0 Å². The van der Waals surface area contributed by atoms with Crippen molar-refractivity contribution in [2.75, 3.05) is 24.2 Å². The summed E-state index contributed by atoms with van der Waals surface area (Å²) >= 11 is 0. The van der Waals surface area contributed by atoms with Gasteiger partial charge in [0.15, 0.2) is 0 Å². The molecule has 0 bridgehead atoms. The molecule has 0 unspecified atom stereocenters. The predicted octanol–water partition coefficient (Wildman–Crippen LogP) is 3.64. The number of amides is 1. The first-order valence-electron chi connectivity index (χ1n) is 10.7. The number of hydrogen-bond donors (Lipinski definition) is 1. The highest BCUT2D eigenvalue weighted by atomic mass is 32.2. The Morgan fingerprint density at radius 1 is 1.09 bits per heavy atom. The lowest BCUT2D eigenvalue weighted by molar-refractivity contribution is -0.119. The topological polar surface area (TPSA) is 93.0 Å². The molecule has 34 heavy (non-hydrogen) atoms. The van der Waals surface area contributed by atoms with E-state index in [1.807, 2.05) is 26.0 Å². The molecule has 180 valence electrons. The Hall–Kier alpha value is -3.59. The van der Waals surface area contributed by atoms with Crippen LogP contribution in [0.5, 0.6) is 5.75 Å². The van der Waals surface area contributed by atoms with Crippen LogP contribution in [0, 0.1) is 27.7 Å². The van der Waals surface area contributed by atoms with Crippen LogP contribution in [0.4, 0.5) is 5.69 Å². The molecular weight excluding hydrogens is 452 g/mol. The van der Waals surface area contributed by atoms with Crippen LogP contribution < -0.4 is 14.5 Å². The number of nitrogens with zero attached hydrogens (tertiary/aromatic N) is 3. The van der Waals surface area contributed by atoms with E-state index in [2.05, 4.69) is 41.1 Å². The van der Waals surface area contributed by atoms with Crippen molar-refractivity contribution in [3.63, 3.8) is 0 Å². The number of para-hydroxylation sites is 1. The van der Waals surface area contributed by atoms with Crippen LogP contribution in [0.1, 0.15) is 28.1 Å². The fourth-order valence-electron chi connectivity index (χ4n) is 3.91. The van der Waals surface area contributed by atoms with E-state index in [0.29, 0.717) is 11.4 Å². The van der Waals surface area contributed by atoms with Crippen molar-refractivity contribution in [1.82, 2.24) is 9.99 Å². The molecule has 1 heterocycles. The summed E-state index contributed by atoms with van der Waals surface area (Å²) in [7, 11) is -2.16. The van der Waals surface area contributed by atoms with Crippen LogP contribution in [-0.2, 0) is 14.8 Å². The number of aryl methyl sites for hydroxylation is 3. The zero-order chi connectivity index (χ0) is 25.0. The van der Waals surface area contributed by atoms with Gasteiger partial charge in [-0.05, 0) is 69.2 Å². The van der Waals surface area contributed by atoms with Crippen LogP contribution in [0.3, 0.4) is 0 Å². The van der Waals surface area contributed by atoms with Gasteiger partial charge in [0.1, 0.15) is 12.3 Å².